The summed E-state index contributed by atoms with van der Waals surface area (Å²) in [5.41, 5.74) is 5.98. The first-order valence-corrected chi connectivity index (χ1v) is 12.8. The zero-order valence-corrected chi connectivity index (χ0v) is 21.5. The van der Waals surface area contributed by atoms with E-state index in [4.69, 9.17) is 4.74 Å². The SMILES string of the molecule is COc1ccc(C(SCCNCc2cc(N(C)C)ccn2)(c2ccccc2)c2ccccc2)cc1. The van der Waals surface area contributed by atoms with Gasteiger partial charge in [0.05, 0.1) is 17.6 Å². The van der Waals surface area contributed by atoms with Gasteiger partial charge in [0, 0.05) is 44.8 Å². The number of anilines is 1. The Hall–Kier alpha value is -3.28. The zero-order valence-electron chi connectivity index (χ0n) is 20.6. The number of pyridine rings is 1. The van der Waals surface area contributed by atoms with Crippen LogP contribution in [0.1, 0.15) is 22.4 Å². The molecule has 0 saturated carbocycles. The fourth-order valence-electron chi connectivity index (χ4n) is 4.25. The number of nitrogens with zero attached hydrogens (tertiary/aromatic N) is 2. The molecule has 35 heavy (non-hydrogen) atoms. The highest BCUT2D eigenvalue weighted by Gasteiger charge is 2.36. The molecule has 0 aliphatic rings. The summed E-state index contributed by atoms with van der Waals surface area (Å²) in [5, 5.41) is 3.59. The Kier molecular flexibility index (Phi) is 8.45. The Morgan fingerprint density at radius 1 is 0.829 bits per heavy atom. The second-order valence-corrected chi connectivity index (χ2v) is 9.88. The molecule has 0 amide bonds. The highest BCUT2D eigenvalue weighted by atomic mass is 32.2. The number of methoxy groups -OCH3 is 1. The normalized spacial score (nSPS) is 11.3. The van der Waals surface area contributed by atoms with Gasteiger partial charge in [-0.25, -0.2) is 0 Å². The summed E-state index contributed by atoms with van der Waals surface area (Å²) in [4.78, 5) is 6.62. The van der Waals surface area contributed by atoms with Crippen LogP contribution in [-0.2, 0) is 11.3 Å². The largest absolute Gasteiger partial charge is 0.497 e. The Bertz CT molecular complexity index is 1140. The number of thioether (sulfide) groups is 1. The van der Waals surface area contributed by atoms with Crippen molar-refractivity contribution in [3.8, 4) is 5.75 Å². The van der Waals surface area contributed by atoms with Gasteiger partial charge in [-0.1, -0.05) is 72.8 Å². The fourth-order valence-corrected chi connectivity index (χ4v) is 5.72. The molecule has 1 N–H and O–H groups in total. The summed E-state index contributed by atoms with van der Waals surface area (Å²) in [6.45, 7) is 1.62. The molecule has 5 heteroatoms. The molecular formula is C30H33N3OS. The first-order valence-electron chi connectivity index (χ1n) is 11.9. The van der Waals surface area contributed by atoms with Gasteiger partial charge in [0.25, 0.3) is 0 Å². The second-order valence-electron chi connectivity index (χ2n) is 8.57. The molecule has 0 saturated heterocycles. The van der Waals surface area contributed by atoms with E-state index in [1.54, 1.807) is 7.11 Å². The summed E-state index contributed by atoms with van der Waals surface area (Å²) >= 11 is 1.95. The van der Waals surface area contributed by atoms with Gasteiger partial charge in [-0.2, -0.15) is 0 Å². The quantitative estimate of drug-likeness (QED) is 0.210. The summed E-state index contributed by atoms with van der Waals surface area (Å²) in [5.74, 6) is 1.80. The van der Waals surface area contributed by atoms with Crippen LogP contribution in [0.5, 0.6) is 5.75 Å². The molecule has 4 aromatic rings. The third-order valence-electron chi connectivity index (χ3n) is 6.08. The van der Waals surface area contributed by atoms with Crippen LogP contribution in [-0.4, -0.2) is 38.5 Å². The number of hydrogen-bond acceptors (Lipinski definition) is 5. The van der Waals surface area contributed by atoms with Crippen LogP contribution in [0.3, 0.4) is 0 Å². The summed E-state index contributed by atoms with van der Waals surface area (Å²) in [7, 11) is 5.81. The number of benzene rings is 3. The van der Waals surface area contributed by atoms with E-state index < -0.39 is 0 Å². The molecule has 0 spiro atoms. The lowest BCUT2D eigenvalue weighted by Gasteiger charge is -2.35. The molecule has 0 aliphatic heterocycles. The van der Waals surface area contributed by atoms with Crippen molar-refractivity contribution in [2.24, 2.45) is 0 Å². The van der Waals surface area contributed by atoms with Gasteiger partial charge < -0.3 is 15.0 Å². The van der Waals surface area contributed by atoms with Crippen molar-refractivity contribution < 1.29 is 4.74 Å². The Morgan fingerprint density at radius 3 is 2.00 bits per heavy atom. The lowest BCUT2D eigenvalue weighted by Crippen LogP contribution is -2.28. The summed E-state index contributed by atoms with van der Waals surface area (Å²) < 4.78 is 5.11. The van der Waals surface area contributed by atoms with Crippen LogP contribution in [0.2, 0.25) is 0 Å². The van der Waals surface area contributed by atoms with Gasteiger partial charge >= 0.3 is 0 Å². The summed E-state index contributed by atoms with van der Waals surface area (Å²) in [6.07, 6.45) is 1.88. The van der Waals surface area contributed by atoms with E-state index in [9.17, 15) is 0 Å². The van der Waals surface area contributed by atoms with Crippen LogP contribution in [0, 0.1) is 0 Å². The van der Waals surface area contributed by atoms with Gasteiger partial charge in [-0.05, 0) is 41.0 Å². The first-order chi connectivity index (χ1) is 17.1. The molecule has 0 bridgehead atoms. The Morgan fingerprint density at radius 2 is 1.43 bits per heavy atom. The van der Waals surface area contributed by atoms with Gasteiger partial charge in [-0.3, -0.25) is 4.98 Å². The molecule has 1 heterocycles. The van der Waals surface area contributed by atoms with Gasteiger partial charge in [0.1, 0.15) is 5.75 Å². The van der Waals surface area contributed by atoms with Crippen LogP contribution >= 0.6 is 11.8 Å². The van der Waals surface area contributed by atoms with E-state index in [-0.39, 0.29) is 4.75 Å². The van der Waals surface area contributed by atoms with E-state index in [1.165, 1.54) is 16.7 Å². The Balaban J connectivity index is 1.58. The van der Waals surface area contributed by atoms with Crippen LogP contribution in [0.15, 0.2) is 103 Å². The van der Waals surface area contributed by atoms with Crippen molar-refractivity contribution in [2.75, 3.05) is 38.4 Å². The average molecular weight is 484 g/mol. The lowest BCUT2D eigenvalue weighted by atomic mass is 9.84. The molecular weight excluding hydrogens is 450 g/mol. The molecule has 4 nitrogen and oxygen atoms in total. The molecule has 4 rings (SSSR count). The zero-order chi connectivity index (χ0) is 24.5. The van der Waals surface area contributed by atoms with Crippen molar-refractivity contribution in [3.63, 3.8) is 0 Å². The molecule has 1 aromatic heterocycles. The van der Waals surface area contributed by atoms with Crippen molar-refractivity contribution in [1.82, 2.24) is 10.3 Å². The van der Waals surface area contributed by atoms with Crippen molar-refractivity contribution in [3.05, 3.63) is 126 Å². The minimum absolute atomic E-state index is 0.334. The second kappa shape index (κ2) is 11.9. The molecule has 180 valence electrons. The lowest BCUT2D eigenvalue weighted by molar-refractivity contribution is 0.414. The Labute approximate surface area is 213 Å². The fraction of sp³-hybridized carbons (Fsp3) is 0.233. The predicted octanol–water partition coefficient (Wildman–Crippen LogP) is 5.97. The number of ether oxygens (including phenoxy) is 1. The standard InChI is InChI=1S/C30H33N3OS/c1-33(2)28-18-19-32-27(22-28)23-31-20-21-35-30(24-10-6-4-7-11-24,25-12-8-5-9-13-25)26-14-16-29(34-3)17-15-26/h4-19,22,31H,20-21,23H2,1-3H3. The topological polar surface area (TPSA) is 37.4 Å². The van der Waals surface area contributed by atoms with Crippen molar-refractivity contribution in [1.29, 1.82) is 0 Å². The maximum atomic E-state index is 5.45. The van der Waals surface area contributed by atoms with E-state index in [1.807, 2.05) is 24.0 Å². The maximum absolute atomic E-state index is 5.45. The minimum atomic E-state index is -0.334. The minimum Gasteiger partial charge on any atom is -0.497 e. The molecule has 0 atom stereocenters. The number of nitrogens with one attached hydrogen (secondary N) is 1. The van der Waals surface area contributed by atoms with Gasteiger partial charge in [0.2, 0.25) is 0 Å². The third kappa shape index (κ3) is 5.87. The van der Waals surface area contributed by atoms with Crippen LogP contribution in [0.25, 0.3) is 0 Å². The van der Waals surface area contributed by atoms with E-state index in [0.29, 0.717) is 0 Å². The highest BCUT2D eigenvalue weighted by molar-refractivity contribution is 8.00. The monoisotopic (exact) mass is 483 g/mol. The predicted molar refractivity (Wildman–Crippen MR) is 148 cm³/mol. The number of hydrogen-bond donors (Lipinski definition) is 1. The third-order valence-corrected chi connectivity index (χ3v) is 7.63. The molecule has 0 aliphatic carbocycles. The highest BCUT2D eigenvalue weighted by Crippen LogP contribution is 2.48. The number of aromatic nitrogens is 1. The molecule has 0 fully saturated rings. The van der Waals surface area contributed by atoms with Crippen LogP contribution in [0.4, 0.5) is 5.69 Å². The summed E-state index contributed by atoms with van der Waals surface area (Å²) in [6, 6.07) is 34.2. The molecule has 3 aromatic carbocycles. The molecule has 0 unspecified atom stereocenters. The van der Waals surface area contributed by atoms with Gasteiger partial charge in [-0.15, -0.1) is 11.8 Å². The van der Waals surface area contributed by atoms with E-state index in [2.05, 4.69) is 120 Å². The first kappa shape index (κ1) is 24.8. The van der Waals surface area contributed by atoms with Crippen molar-refractivity contribution >= 4 is 17.4 Å². The smallest absolute Gasteiger partial charge is 0.118 e. The van der Waals surface area contributed by atoms with E-state index in [0.717, 1.165) is 36.0 Å². The van der Waals surface area contributed by atoms with Crippen LogP contribution < -0.4 is 15.0 Å². The maximum Gasteiger partial charge on any atom is 0.118 e. The average Bonchev–Trinajstić information content (AvgIpc) is 2.92. The molecule has 0 radical (unpaired) electrons. The van der Waals surface area contributed by atoms with Crippen molar-refractivity contribution in [2.45, 2.75) is 11.3 Å². The van der Waals surface area contributed by atoms with E-state index >= 15 is 0 Å². The number of rotatable bonds is 11. The van der Waals surface area contributed by atoms with Gasteiger partial charge in [0.15, 0.2) is 0 Å².